The second kappa shape index (κ2) is 10.0. The summed E-state index contributed by atoms with van der Waals surface area (Å²) >= 11 is 0. The lowest BCUT2D eigenvalue weighted by atomic mass is 10.2. The van der Waals surface area contributed by atoms with Gasteiger partial charge in [-0.3, -0.25) is 4.79 Å². The van der Waals surface area contributed by atoms with Crippen LogP contribution in [0.5, 0.6) is 11.5 Å². The molecular formula is C15H24N2O4. The number of amides is 1. The third-order valence-corrected chi connectivity index (χ3v) is 2.93. The van der Waals surface area contributed by atoms with Gasteiger partial charge in [0, 0.05) is 33.2 Å². The van der Waals surface area contributed by atoms with Gasteiger partial charge in [0.1, 0.15) is 0 Å². The van der Waals surface area contributed by atoms with Crippen LogP contribution in [0.15, 0.2) is 18.2 Å². The Morgan fingerprint density at radius 2 is 1.86 bits per heavy atom. The third kappa shape index (κ3) is 6.46. The number of rotatable bonds is 10. The van der Waals surface area contributed by atoms with Crippen LogP contribution in [0.2, 0.25) is 0 Å². The van der Waals surface area contributed by atoms with E-state index in [0.29, 0.717) is 44.2 Å². The van der Waals surface area contributed by atoms with Crippen molar-refractivity contribution in [3.8, 4) is 11.5 Å². The first-order valence-corrected chi connectivity index (χ1v) is 6.88. The second-order valence-electron chi connectivity index (χ2n) is 4.46. The lowest BCUT2D eigenvalue weighted by Crippen LogP contribution is -2.29. The average molecular weight is 296 g/mol. The molecular weight excluding hydrogens is 272 g/mol. The summed E-state index contributed by atoms with van der Waals surface area (Å²) in [7, 11) is 4.83. The van der Waals surface area contributed by atoms with Gasteiger partial charge in [-0.15, -0.1) is 0 Å². The molecule has 118 valence electrons. The molecule has 0 fully saturated rings. The molecule has 0 aromatic heterocycles. The molecule has 1 aromatic rings. The highest BCUT2D eigenvalue weighted by atomic mass is 16.5. The van der Waals surface area contributed by atoms with Gasteiger partial charge >= 0.3 is 0 Å². The highest BCUT2D eigenvalue weighted by Gasteiger charge is 2.04. The lowest BCUT2D eigenvalue weighted by Gasteiger charge is -2.10. The van der Waals surface area contributed by atoms with Crippen LogP contribution in [0.1, 0.15) is 12.0 Å². The van der Waals surface area contributed by atoms with E-state index < -0.39 is 0 Å². The predicted molar refractivity (Wildman–Crippen MR) is 80.8 cm³/mol. The van der Waals surface area contributed by atoms with Gasteiger partial charge in [-0.2, -0.15) is 0 Å². The van der Waals surface area contributed by atoms with Gasteiger partial charge in [-0.05, 0) is 17.7 Å². The SMILES string of the molecule is COCCNC(=O)CCNCc1ccc(OC)c(OC)c1. The topological polar surface area (TPSA) is 68.8 Å². The zero-order valence-electron chi connectivity index (χ0n) is 12.9. The van der Waals surface area contributed by atoms with Crippen molar-refractivity contribution in [3.63, 3.8) is 0 Å². The van der Waals surface area contributed by atoms with E-state index in [1.807, 2.05) is 18.2 Å². The van der Waals surface area contributed by atoms with Gasteiger partial charge in [0.15, 0.2) is 11.5 Å². The monoisotopic (exact) mass is 296 g/mol. The Hall–Kier alpha value is -1.79. The van der Waals surface area contributed by atoms with E-state index in [1.165, 1.54) is 0 Å². The van der Waals surface area contributed by atoms with Gasteiger partial charge in [-0.1, -0.05) is 6.07 Å². The minimum Gasteiger partial charge on any atom is -0.493 e. The maximum absolute atomic E-state index is 11.5. The van der Waals surface area contributed by atoms with Crippen molar-refractivity contribution in [2.24, 2.45) is 0 Å². The molecule has 1 rings (SSSR count). The Labute approximate surface area is 125 Å². The zero-order chi connectivity index (χ0) is 15.5. The van der Waals surface area contributed by atoms with Crippen molar-refractivity contribution >= 4 is 5.91 Å². The van der Waals surface area contributed by atoms with Crippen molar-refractivity contribution in [1.29, 1.82) is 0 Å². The molecule has 1 aromatic carbocycles. The molecule has 0 saturated carbocycles. The Bertz CT molecular complexity index is 438. The molecule has 0 spiro atoms. The first kappa shape index (κ1) is 17.3. The highest BCUT2D eigenvalue weighted by molar-refractivity contribution is 5.76. The smallest absolute Gasteiger partial charge is 0.221 e. The van der Waals surface area contributed by atoms with E-state index in [2.05, 4.69) is 10.6 Å². The molecule has 0 unspecified atom stereocenters. The summed E-state index contributed by atoms with van der Waals surface area (Å²) < 4.78 is 15.3. The fourth-order valence-corrected chi connectivity index (χ4v) is 1.81. The van der Waals surface area contributed by atoms with Gasteiger partial charge in [0.05, 0.1) is 20.8 Å². The largest absolute Gasteiger partial charge is 0.493 e. The average Bonchev–Trinajstić information content (AvgIpc) is 2.51. The number of nitrogens with one attached hydrogen (secondary N) is 2. The van der Waals surface area contributed by atoms with E-state index in [1.54, 1.807) is 21.3 Å². The molecule has 6 nitrogen and oxygen atoms in total. The third-order valence-electron chi connectivity index (χ3n) is 2.93. The van der Waals surface area contributed by atoms with E-state index in [-0.39, 0.29) is 5.91 Å². The summed E-state index contributed by atoms with van der Waals surface area (Å²) in [6.45, 7) is 2.37. The molecule has 0 radical (unpaired) electrons. The van der Waals surface area contributed by atoms with E-state index in [4.69, 9.17) is 14.2 Å². The Kier molecular flexibility index (Phi) is 8.23. The number of benzene rings is 1. The van der Waals surface area contributed by atoms with E-state index >= 15 is 0 Å². The first-order chi connectivity index (χ1) is 10.2. The normalized spacial score (nSPS) is 10.2. The molecule has 0 saturated heterocycles. The fraction of sp³-hybridized carbons (Fsp3) is 0.533. The molecule has 0 bridgehead atoms. The molecule has 0 atom stereocenters. The number of ether oxygens (including phenoxy) is 3. The maximum atomic E-state index is 11.5. The number of hydrogen-bond acceptors (Lipinski definition) is 5. The maximum Gasteiger partial charge on any atom is 0.221 e. The minimum absolute atomic E-state index is 0.0202. The second-order valence-corrected chi connectivity index (χ2v) is 4.46. The summed E-state index contributed by atoms with van der Waals surface area (Å²) in [6.07, 6.45) is 0.441. The highest BCUT2D eigenvalue weighted by Crippen LogP contribution is 2.27. The van der Waals surface area contributed by atoms with Crippen molar-refractivity contribution in [2.45, 2.75) is 13.0 Å². The van der Waals surface area contributed by atoms with Crippen LogP contribution in [0.25, 0.3) is 0 Å². The zero-order valence-corrected chi connectivity index (χ0v) is 12.9. The van der Waals surface area contributed by atoms with Crippen LogP contribution >= 0.6 is 0 Å². The fourth-order valence-electron chi connectivity index (χ4n) is 1.81. The molecule has 21 heavy (non-hydrogen) atoms. The Morgan fingerprint density at radius 1 is 1.10 bits per heavy atom. The molecule has 0 aliphatic rings. The van der Waals surface area contributed by atoms with Crippen LogP contribution < -0.4 is 20.1 Å². The van der Waals surface area contributed by atoms with Gasteiger partial charge in [-0.25, -0.2) is 0 Å². The van der Waals surface area contributed by atoms with Crippen molar-refractivity contribution < 1.29 is 19.0 Å². The van der Waals surface area contributed by atoms with Gasteiger partial charge < -0.3 is 24.8 Å². The molecule has 0 heterocycles. The van der Waals surface area contributed by atoms with Crippen LogP contribution in [-0.2, 0) is 16.1 Å². The molecule has 1 amide bonds. The number of methoxy groups -OCH3 is 3. The van der Waals surface area contributed by atoms with E-state index in [9.17, 15) is 4.79 Å². The van der Waals surface area contributed by atoms with Gasteiger partial charge in [0.2, 0.25) is 5.91 Å². The Morgan fingerprint density at radius 3 is 2.52 bits per heavy atom. The summed E-state index contributed by atoms with van der Waals surface area (Å²) in [4.78, 5) is 11.5. The Balaban J connectivity index is 2.28. The summed E-state index contributed by atoms with van der Waals surface area (Å²) in [5, 5.41) is 6.00. The van der Waals surface area contributed by atoms with E-state index in [0.717, 1.165) is 5.56 Å². The van der Waals surface area contributed by atoms with Crippen molar-refractivity contribution in [1.82, 2.24) is 10.6 Å². The van der Waals surface area contributed by atoms with Gasteiger partial charge in [0.25, 0.3) is 0 Å². The van der Waals surface area contributed by atoms with Crippen molar-refractivity contribution in [3.05, 3.63) is 23.8 Å². The minimum atomic E-state index is 0.0202. The predicted octanol–water partition coefficient (Wildman–Crippen LogP) is 0.946. The van der Waals surface area contributed by atoms with Crippen molar-refractivity contribution in [2.75, 3.05) is 41.0 Å². The summed E-state index contributed by atoms with van der Waals surface area (Å²) in [6, 6.07) is 5.75. The standard InChI is InChI=1S/C15H24N2O4/c1-19-9-8-17-15(18)6-7-16-11-12-4-5-13(20-2)14(10-12)21-3/h4-5,10,16H,6-9,11H2,1-3H3,(H,17,18). The molecule has 0 aliphatic heterocycles. The van der Waals surface area contributed by atoms with Crippen LogP contribution in [0.4, 0.5) is 0 Å². The number of carbonyl (C=O) groups excluding carboxylic acids is 1. The molecule has 0 aliphatic carbocycles. The number of carbonyl (C=O) groups is 1. The van der Waals surface area contributed by atoms with Crippen LogP contribution in [-0.4, -0.2) is 46.9 Å². The molecule has 6 heteroatoms. The quantitative estimate of drug-likeness (QED) is 0.629. The van der Waals surface area contributed by atoms with Crippen LogP contribution in [0.3, 0.4) is 0 Å². The first-order valence-electron chi connectivity index (χ1n) is 6.88. The summed E-state index contributed by atoms with van der Waals surface area (Å²) in [5.41, 5.74) is 1.08. The van der Waals surface area contributed by atoms with Crippen LogP contribution in [0, 0.1) is 0 Å². The number of hydrogen-bond donors (Lipinski definition) is 2. The summed E-state index contributed by atoms with van der Waals surface area (Å²) in [5.74, 6) is 1.43. The molecule has 2 N–H and O–H groups in total. The lowest BCUT2D eigenvalue weighted by molar-refractivity contribution is -0.121.